The molecule has 0 aliphatic rings. The van der Waals surface area contributed by atoms with Crippen molar-refractivity contribution in [3.8, 4) is 85.5 Å². The summed E-state index contributed by atoms with van der Waals surface area (Å²) in [5.41, 5.74) is 14.6. The third-order valence-electron chi connectivity index (χ3n) is 13.6. The molecule has 0 atom stereocenters. The molecule has 10 heteroatoms. The van der Waals surface area contributed by atoms with Gasteiger partial charge in [0.2, 0.25) is 0 Å². The van der Waals surface area contributed by atoms with Crippen LogP contribution in [0.1, 0.15) is 28.3 Å². The summed E-state index contributed by atoms with van der Waals surface area (Å²) >= 11 is 0. The van der Waals surface area contributed by atoms with Gasteiger partial charge in [-0.25, -0.2) is 24.6 Å². The fourth-order valence-corrected chi connectivity index (χ4v) is 10.3. The minimum absolute atomic E-state index is 0.364. The summed E-state index contributed by atoms with van der Waals surface area (Å²) in [7, 11) is 0. The molecule has 3 heterocycles. The Hall–Kier alpha value is -11.0. The van der Waals surface area contributed by atoms with Crippen molar-refractivity contribution in [3.05, 3.63) is 233 Å². The molecule has 0 aliphatic heterocycles. The van der Waals surface area contributed by atoms with Crippen LogP contribution in [0.5, 0.6) is 0 Å². The lowest BCUT2D eigenvalue weighted by atomic mass is 10.0. The van der Waals surface area contributed by atoms with Crippen LogP contribution in [0, 0.1) is 61.0 Å². The summed E-state index contributed by atoms with van der Waals surface area (Å²) < 4.78 is 4.29. The number of hydrogen-bond acceptors (Lipinski definition) is 6. The lowest BCUT2D eigenvalue weighted by molar-refractivity contribution is 0.927. The van der Waals surface area contributed by atoms with Crippen LogP contribution < -0.4 is 0 Å². The van der Waals surface area contributed by atoms with Crippen molar-refractivity contribution in [2.24, 2.45) is 0 Å². The lowest BCUT2D eigenvalue weighted by Gasteiger charge is -2.19. The zero-order chi connectivity index (χ0) is 50.6. The first-order valence-electron chi connectivity index (χ1n) is 23.6. The topological polar surface area (TPSA) is 129 Å². The number of benzene rings is 9. The lowest BCUT2D eigenvalue weighted by Crippen LogP contribution is -2.07. The monoisotopic (exact) mass is 944 g/mol. The van der Waals surface area contributed by atoms with E-state index in [1.807, 2.05) is 98.8 Å². The van der Waals surface area contributed by atoms with Crippen LogP contribution in [0.2, 0.25) is 0 Å². The number of aromatic nitrogens is 5. The van der Waals surface area contributed by atoms with E-state index in [1.165, 1.54) is 0 Å². The van der Waals surface area contributed by atoms with Gasteiger partial charge in [-0.3, -0.25) is 0 Å². The van der Waals surface area contributed by atoms with E-state index in [-0.39, 0.29) is 0 Å². The Morgan fingerprint density at radius 2 is 0.730 bits per heavy atom. The fourth-order valence-electron chi connectivity index (χ4n) is 10.3. The van der Waals surface area contributed by atoms with Gasteiger partial charge in [0.15, 0.2) is 17.2 Å². The van der Waals surface area contributed by atoms with E-state index in [9.17, 15) is 15.8 Å². The third-order valence-corrected chi connectivity index (χ3v) is 13.6. The molecule has 0 saturated heterocycles. The number of aryl methyl sites for hydroxylation is 2. The molecule has 12 aromatic rings. The van der Waals surface area contributed by atoms with Gasteiger partial charge in [0.25, 0.3) is 0 Å². The summed E-state index contributed by atoms with van der Waals surface area (Å²) in [5.74, 6) is 1.51. The summed E-state index contributed by atoms with van der Waals surface area (Å²) in [6.07, 6.45) is 0. The summed E-state index contributed by atoms with van der Waals surface area (Å²) in [6.45, 7) is 19.3. The van der Waals surface area contributed by atoms with Crippen molar-refractivity contribution in [1.82, 2.24) is 24.1 Å². The molecule has 0 amide bonds. The first-order chi connectivity index (χ1) is 36.2. The molecular formula is C64H36N10. The highest BCUT2D eigenvalue weighted by molar-refractivity contribution is 6.13. The van der Waals surface area contributed by atoms with E-state index in [0.29, 0.717) is 62.5 Å². The molecule has 0 saturated carbocycles. The number of rotatable bonds is 7. The van der Waals surface area contributed by atoms with Gasteiger partial charge in [-0.1, -0.05) is 109 Å². The van der Waals surface area contributed by atoms with Gasteiger partial charge < -0.3 is 9.13 Å². The minimum Gasteiger partial charge on any atom is -0.308 e. The van der Waals surface area contributed by atoms with E-state index in [4.69, 9.17) is 23.1 Å². The van der Waals surface area contributed by atoms with Crippen molar-refractivity contribution in [2.75, 3.05) is 0 Å². The summed E-state index contributed by atoms with van der Waals surface area (Å²) in [6, 6.07) is 66.5. The summed E-state index contributed by atoms with van der Waals surface area (Å²) in [4.78, 5) is 21.8. The molecule has 74 heavy (non-hydrogen) atoms. The number of nitriles is 3. The van der Waals surface area contributed by atoms with Crippen LogP contribution in [-0.4, -0.2) is 24.1 Å². The van der Waals surface area contributed by atoms with E-state index in [2.05, 4.69) is 115 Å². The van der Waals surface area contributed by atoms with Gasteiger partial charge in [-0.05, 0) is 131 Å². The molecule has 9 aromatic carbocycles. The molecule has 0 unspecified atom stereocenters. The maximum Gasteiger partial charge on any atom is 0.187 e. The Balaban J connectivity index is 1.24. The van der Waals surface area contributed by atoms with Crippen LogP contribution in [0.15, 0.2) is 182 Å². The zero-order valence-corrected chi connectivity index (χ0v) is 39.8. The van der Waals surface area contributed by atoms with Crippen molar-refractivity contribution >= 4 is 55.0 Å². The van der Waals surface area contributed by atoms with Crippen molar-refractivity contribution in [3.63, 3.8) is 0 Å². The fraction of sp³-hybridized carbons (Fsp3) is 0.0312. The normalized spacial score (nSPS) is 11.0. The smallest absolute Gasteiger partial charge is 0.187 e. The molecule has 0 aliphatic carbocycles. The predicted molar refractivity (Wildman–Crippen MR) is 292 cm³/mol. The van der Waals surface area contributed by atoms with Gasteiger partial charge in [-0.2, -0.15) is 15.8 Å². The average molecular weight is 945 g/mol. The Kier molecular flexibility index (Phi) is 10.6. The highest BCUT2D eigenvalue weighted by Gasteiger charge is 2.25. The highest BCUT2D eigenvalue weighted by Crippen LogP contribution is 2.43. The highest BCUT2D eigenvalue weighted by atomic mass is 15.0. The molecule has 0 radical (unpaired) electrons. The molecule has 342 valence electrons. The molecule has 10 nitrogen and oxygen atoms in total. The van der Waals surface area contributed by atoms with Gasteiger partial charge in [0, 0.05) is 27.1 Å². The molecule has 3 aromatic heterocycles. The Morgan fingerprint density at radius 3 is 1.08 bits per heavy atom. The van der Waals surface area contributed by atoms with Crippen molar-refractivity contribution < 1.29 is 0 Å². The first-order valence-corrected chi connectivity index (χ1v) is 23.6. The molecule has 0 fully saturated rings. The second kappa shape index (κ2) is 17.8. The summed E-state index contributed by atoms with van der Waals surface area (Å²) in [5, 5.41) is 35.6. The second-order valence-corrected chi connectivity index (χ2v) is 18.1. The maximum atomic E-state index is 12.0. The van der Waals surface area contributed by atoms with Crippen LogP contribution in [0.25, 0.3) is 121 Å². The van der Waals surface area contributed by atoms with Crippen LogP contribution in [-0.2, 0) is 0 Å². The SMILES string of the molecule is [C-]#[N+]c1cccc(-c2ccc3c4ccc(-c5cccc([N+]#[C-])c5)cc4n(-c4cc(-c5nc(C)nc(C)n5)cc(-n5c6cc(-c7cccc(C#N)c7)ccc6c6ccc(-c7cccc(C#N)c7)cc65)c4C#N)c3c2)c1. The molecule has 0 spiro atoms. The van der Waals surface area contributed by atoms with E-state index < -0.39 is 0 Å². The Bertz CT molecular complexity index is 4090. The Labute approximate surface area is 425 Å². The largest absolute Gasteiger partial charge is 0.308 e. The van der Waals surface area contributed by atoms with Gasteiger partial charge in [0.1, 0.15) is 23.3 Å². The number of fused-ring (bicyclic) bond motifs is 6. The molecule has 0 N–H and O–H groups in total. The van der Waals surface area contributed by atoms with Crippen LogP contribution >= 0.6 is 0 Å². The predicted octanol–water partition coefficient (Wildman–Crippen LogP) is 15.7. The standard InChI is InChI=1S/C64H36N10/c1-38-70-39(2)72-64(71-38)50-33-62(73-58-29-46(42-11-5-9-40(25-42)35-65)17-21-53(58)54-22-18-47(30-59(54)73)43-12-6-10-41(26-43)36-66)57(37-67)63(34-50)74-60-31-48(44-13-7-15-51(27-44)68-3)19-23-55(60)56-24-20-49(32-61(56)74)45-14-8-16-52(28-45)69-4/h5-34H,1-2H3. The van der Waals surface area contributed by atoms with Crippen LogP contribution in [0.4, 0.5) is 11.4 Å². The van der Waals surface area contributed by atoms with Crippen molar-refractivity contribution in [2.45, 2.75) is 13.8 Å². The molecule has 0 bridgehead atoms. The first kappa shape index (κ1) is 44.3. The molecular weight excluding hydrogens is 909 g/mol. The van der Waals surface area contributed by atoms with E-state index in [0.717, 1.165) is 88.1 Å². The van der Waals surface area contributed by atoms with Crippen LogP contribution in [0.3, 0.4) is 0 Å². The third kappa shape index (κ3) is 7.52. The van der Waals surface area contributed by atoms with Gasteiger partial charge >= 0.3 is 0 Å². The van der Waals surface area contributed by atoms with E-state index >= 15 is 0 Å². The number of nitrogens with zero attached hydrogens (tertiary/aromatic N) is 10. The van der Waals surface area contributed by atoms with Gasteiger partial charge in [0.05, 0.1) is 69.9 Å². The van der Waals surface area contributed by atoms with E-state index in [1.54, 1.807) is 24.3 Å². The quantitative estimate of drug-likeness (QED) is 0.146. The minimum atomic E-state index is 0.364. The van der Waals surface area contributed by atoms with Crippen molar-refractivity contribution in [1.29, 1.82) is 15.8 Å². The molecule has 12 rings (SSSR count). The number of hydrogen-bond donors (Lipinski definition) is 0. The second-order valence-electron chi connectivity index (χ2n) is 18.1. The zero-order valence-electron chi connectivity index (χ0n) is 39.8. The maximum absolute atomic E-state index is 12.0. The average Bonchev–Trinajstić information content (AvgIpc) is 3.95. The Morgan fingerprint density at radius 1 is 0.378 bits per heavy atom. The van der Waals surface area contributed by atoms with Gasteiger partial charge in [-0.15, -0.1) is 0 Å².